The minimum Gasteiger partial charge on any atom is -0.542 e. The monoisotopic (exact) mass is 562 g/mol. The Balaban J connectivity index is 0.000000638. The number of hydrogen-bond donors (Lipinski definition) is 4. The van der Waals surface area contributed by atoms with Crippen LogP contribution in [0.25, 0.3) is 0 Å². The molecular formula is C22H25F3N4O8S. The van der Waals surface area contributed by atoms with Crippen molar-refractivity contribution in [3.05, 3.63) is 64.1 Å². The van der Waals surface area contributed by atoms with Crippen molar-refractivity contribution in [3.8, 4) is 0 Å². The van der Waals surface area contributed by atoms with Gasteiger partial charge in [-0.25, -0.2) is 8.42 Å². The first-order valence-corrected chi connectivity index (χ1v) is 12.5. The number of carbonyl (C=O) groups is 3. The normalized spacial score (nSPS) is 15.8. The summed E-state index contributed by atoms with van der Waals surface area (Å²) in [5.74, 6) is -4.78. The molecule has 0 saturated heterocycles. The molecular weight excluding hydrogens is 537 g/mol. The highest BCUT2D eigenvalue weighted by atomic mass is 32.2. The minimum atomic E-state index is -5.19. The molecule has 38 heavy (non-hydrogen) atoms. The molecule has 0 fully saturated rings. The summed E-state index contributed by atoms with van der Waals surface area (Å²) in [6.07, 6.45) is -3.68. The molecule has 2 unspecified atom stereocenters. The van der Waals surface area contributed by atoms with Crippen LogP contribution >= 0.6 is 0 Å². The molecule has 2 aromatic rings. The number of nitrogens with one attached hydrogen (secondary N) is 2. The van der Waals surface area contributed by atoms with E-state index < -0.39 is 46.6 Å². The van der Waals surface area contributed by atoms with Gasteiger partial charge >= 0.3 is 12.1 Å². The number of alkyl halides is 3. The van der Waals surface area contributed by atoms with Crippen molar-refractivity contribution in [1.29, 1.82) is 0 Å². The van der Waals surface area contributed by atoms with Gasteiger partial charge in [0.15, 0.2) is 0 Å². The molecule has 1 aromatic carbocycles. The zero-order valence-electron chi connectivity index (χ0n) is 19.7. The van der Waals surface area contributed by atoms with Gasteiger partial charge in [-0.05, 0) is 31.0 Å². The lowest BCUT2D eigenvalue weighted by molar-refractivity contribution is -0.380. The first-order chi connectivity index (χ1) is 17.7. The van der Waals surface area contributed by atoms with Crippen LogP contribution in [-0.2, 0) is 32.6 Å². The molecule has 3 rings (SSSR count). The summed E-state index contributed by atoms with van der Waals surface area (Å²) in [5.41, 5.74) is 4.42. The predicted molar refractivity (Wildman–Crippen MR) is 122 cm³/mol. The lowest BCUT2D eigenvalue weighted by Crippen LogP contribution is -2.55. The van der Waals surface area contributed by atoms with Crippen LogP contribution in [-0.4, -0.2) is 61.2 Å². The van der Waals surface area contributed by atoms with Crippen LogP contribution in [0.5, 0.6) is 0 Å². The molecule has 1 amide bonds. The van der Waals surface area contributed by atoms with Crippen molar-refractivity contribution in [2.24, 2.45) is 5.92 Å². The molecule has 6 N–H and O–H groups in total. The molecule has 1 aliphatic heterocycles. The minimum absolute atomic E-state index is 0.0872. The fourth-order valence-corrected chi connectivity index (χ4v) is 4.68. The third kappa shape index (κ3) is 8.39. The molecule has 0 bridgehead atoms. The van der Waals surface area contributed by atoms with Gasteiger partial charge in [-0.3, -0.25) is 14.4 Å². The van der Waals surface area contributed by atoms with Crippen LogP contribution in [0.15, 0.2) is 52.2 Å². The number of hydrogen-bond acceptors (Lipinski definition) is 7. The smallest absolute Gasteiger partial charge is 0.430 e. The standard InChI is InChI=1S/C20H24N4O6S.C2HF3O2/c21-10-13-6-7-15-8-14(9-18(25)24(15)12-13)19(26)22-11-17(20(27)28)23-31(29,30)16-4-2-1-3-5-16;3-2(4,5)1(6)7/h1-5,8-9,13,17,23H,6-7,10-12,21H2,(H,22,26)(H,27,28);(H,6,7). The average Bonchev–Trinajstić information content (AvgIpc) is 2.86. The van der Waals surface area contributed by atoms with E-state index in [9.17, 15) is 41.1 Å². The second-order valence-corrected chi connectivity index (χ2v) is 9.91. The Morgan fingerprint density at radius 3 is 2.32 bits per heavy atom. The number of carboxylic acid groups (broad SMARTS) is 2. The Morgan fingerprint density at radius 2 is 1.79 bits per heavy atom. The highest BCUT2D eigenvalue weighted by molar-refractivity contribution is 7.89. The number of quaternary nitrogens is 1. The second kappa shape index (κ2) is 12.7. The van der Waals surface area contributed by atoms with Gasteiger partial charge in [0.1, 0.15) is 12.0 Å². The summed E-state index contributed by atoms with van der Waals surface area (Å²) in [7, 11) is -4.08. The summed E-state index contributed by atoms with van der Waals surface area (Å²) in [5, 5.41) is 20.6. The summed E-state index contributed by atoms with van der Waals surface area (Å²) in [4.78, 5) is 45.2. The Morgan fingerprint density at radius 1 is 1.18 bits per heavy atom. The highest BCUT2D eigenvalue weighted by Crippen LogP contribution is 2.18. The van der Waals surface area contributed by atoms with Gasteiger partial charge in [-0.2, -0.15) is 17.9 Å². The number of carboxylic acids is 2. The van der Waals surface area contributed by atoms with Gasteiger partial charge < -0.3 is 30.6 Å². The van der Waals surface area contributed by atoms with E-state index >= 15 is 0 Å². The molecule has 0 spiro atoms. The predicted octanol–water partition coefficient (Wildman–Crippen LogP) is -1.89. The molecule has 2 atom stereocenters. The summed E-state index contributed by atoms with van der Waals surface area (Å²) >= 11 is 0. The number of amides is 1. The zero-order valence-corrected chi connectivity index (χ0v) is 20.5. The van der Waals surface area contributed by atoms with Crippen molar-refractivity contribution < 1.29 is 51.9 Å². The van der Waals surface area contributed by atoms with Gasteiger partial charge in [-0.15, -0.1) is 0 Å². The number of pyridine rings is 1. The first-order valence-electron chi connectivity index (χ1n) is 11.0. The topological polar surface area (TPSA) is 202 Å². The largest absolute Gasteiger partial charge is 0.542 e. The van der Waals surface area contributed by atoms with Crippen LogP contribution in [0.4, 0.5) is 13.2 Å². The molecule has 16 heteroatoms. The summed E-state index contributed by atoms with van der Waals surface area (Å²) in [6.45, 7) is 0.799. The Hall–Kier alpha value is -3.76. The van der Waals surface area contributed by atoms with Gasteiger partial charge in [0.2, 0.25) is 10.0 Å². The number of fused-ring (bicyclic) bond motifs is 1. The number of halogens is 3. The first kappa shape index (κ1) is 30.5. The van der Waals surface area contributed by atoms with E-state index in [0.29, 0.717) is 18.9 Å². The average molecular weight is 563 g/mol. The Bertz CT molecular complexity index is 1330. The zero-order chi connectivity index (χ0) is 28.7. The highest BCUT2D eigenvalue weighted by Gasteiger charge is 2.29. The fourth-order valence-electron chi connectivity index (χ4n) is 3.47. The van der Waals surface area contributed by atoms with E-state index in [1.54, 1.807) is 16.7 Å². The number of aryl methyl sites for hydroxylation is 1. The lowest BCUT2D eigenvalue weighted by atomic mass is 9.96. The van der Waals surface area contributed by atoms with Crippen molar-refractivity contribution in [2.45, 2.75) is 36.5 Å². The number of benzene rings is 1. The molecule has 0 aliphatic carbocycles. The number of aromatic nitrogens is 1. The SMILES string of the molecule is O=C([O-])C(F)(F)F.[NH3+]CC1CCc2cc(C(=O)NCC(NS(=O)(=O)c3ccccc3)C(=O)O)cc(=O)n2C1. The summed E-state index contributed by atoms with van der Waals surface area (Å²) < 4.78 is 60.0. The molecule has 208 valence electrons. The molecule has 1 aromatic heterocycles. The van der Waals surface area contributed by atoms with Crippen LogP contribution in [0, 0.1) is 5.92 Å². The molecule has 0 saturated carbocycles. The molecule has 2 heterocycles. The third-order valence-corrected chi connectivity index (χ3v) is 6.97. The van der Waals surface area contributed by atoms with E-state index in [2.05, 4.69) is 15.8 Å². The molecule has 1 aliphatic rings. The van der Waals surface area contributed by atoms with Crippen LogP contribution < -0.4 is 26.4 Å². The van der Waals surface area contributed by atoms with E-state index in [4.69, 9.17) is 9.90 Å². The van der Waals surface area contributed by atoms with Gasteiger partial charge in [0, 0.05) is 36.3 Å². The maximum Gasteiger partial charge on any atom is 0.430 e. The number of aliphatic carboxylic acids is 2. The van der Waals surface area contributed by atoms with E-state index in [-0.39, 0.29) is 16.0 Å². The van der Waals surface area contributed by atoms with Crippen LogP contribution in [0.1, 0.15) is 22.5 Å². The lowest BCUT2D eigenvalue weighted by Gasteiger charge is -2.24. The van der Waals surface area contributed by atoms with Crippen LogP contribution in [0.2, 0.25) is 0 Å². The second-order valence-electron chi connectivity index (χ2n) is 8.20. The number of carbonyl (C=O) groups excluding carboxylic acids is 2. The number of rotatable bonds is 8. The van der Waals surface area contributed by atoms with Crippen LogP contribution in [0.3, 0.4) is 0 Å². The van der Waals surface area contributed by atoms with Gasteiger partial charge in [0.05, 0.1) is 11.4 Å². The fraction of sp³-hybridized carbons (Fsp3) is 0.364. The molecule has 12 nitrogen and oxygen atoms in total. The molecule has 0 radical (unpaired) electrons. The maximum atomic E-state index is 12.5. The number of sulfonamides is 1. The van der Waals surface area contributed by atoms with Crippen molar-refractivity contribution in [3.63, 3.8) is 0 Å². The number of nitrogens with zero attached hydrogens (tertiary/aromatic N) is 1. The van der Waals surface area contributed by atoms with Crippen molar-refractivity contribution in [2.75, 3.05) is 13.1 Å². The third-order valence-electron chi connectivity index (χ3n) is 5.48. The van der Waals surface area contributed by atoms with Crippen molar-refractivity contribution >= 4 is 27.9 Å². The van der Waals surface area contributed by atoms with Gasteiger partial charge in [-0.1, -0.05) is 18.2 Å². The van der Waals surface area contributed by atoms with E-state index in [0.717, 1.165) is 18.7 Å². The summed E-state index contributed by atoms with van der Waals surface area (Å²) in [6, 6.07) is 8.56. The maximum absolute atomic E-state index is 12.5. The van der Waals surface area contributed by atoms with Gasteiger partial charge in [0.25, 0.3) is 11.5 Å². The Kier molecular flexibility index (Phi) is 10.1. The Labute approximate surface area is 214 Å². The quantitative estimate of drug-likeness (QED) is 0.286. The van der Waals surface area contributed by atoms with E-state index in [1.807, 2.05) is 0 Å². The van der Waals surface area contributed by atoms with Crippen molar-refractivity contribution in [1.82, 2.24) is 14.6 Å². The van der Waals surface area contributed by atoms with E-state index in [1.165, 1.54) is 30.3 Å².